The largest absolute Gasteiger partial charge is 0.392 e. The predicted octanol–water partition coefficient (Wildman–Crippen LogP) is 2.68. The Bertz CT molecular complexity index is 900. The van der Waals surface area contributed by atoms with Gasteiger partial charge in [-0.25, -0.2) is 15.0 Å². The molecule has 3 aromatic rings. The average Bonchev–Trinajstić information content (AvgIpc) is 3.10. The number of hydrogen-bond donors (Lipinski definition) is 5. The van der Waals surface area contributed by atoms with Crippen molar-refractivity contribution in [2.75, 3.05) is 5.32 Å². The fraction of sp³-hybridized carbons (Fsp3) is 0.235. The number of anilines is 2. The van der Waals surface area contributed by atoms with Gasteiger partial charge in [0.2, 0.25) is 0 Å². The zero-order valence-corrected chi connectivity index (χ0v) is 14.6. The van der Waals surface area contributed by atoms with Gasteiger partial charge in [-0.05, 0) is 41.9 Å². The van der Waals surface area contributed by atoms with Gasteiger partial charge in [0, 0.05) is 17.4 Å². The Morgan fingerprint density at radius 3 is 2.77 bits per heavy atom. The van der Waals surface area contributed by atoms with Crippen LogP contribution in [-0.2, 0) is 6.61 Å². The minimum Gasteiger partial charge on any atom is -0.392 e. The van der Waals surface area contributed by atoms with Crippen molar-refractivity contribution in [3.63, 3.8) is 0 Å². The van der Waals surface area contributed by atoms with Crippen LogP contribution in [0.15, 0.2) is 48.0 Å². The van der Waals surface area contributed by atoms with Crippen LogP contribution in [0.1, 0.15) is 25.0 Å². The molecule has 9 heteroatoms. The lowest BCUT2D eigenvalue weighted by Gasteiger charge is -2.10. The van der Waals surface area contributed by atoms with Crippen molar-refractivity contribution >= 4 is 22.9 Å². The zero-order valence-electron chi connectivity index (χ0n) is 14.6. The van der Waals surface area contributed by atoms with Gasteiger partial charge in [-0.2, -0.15) is 5.10 Å². The molecule has 0 fully saturated rings. The van der Waals surface area contributed by atoms with E-state index in [9.17, 15) is 5.11 Å². The van der Waals surface area contributed by atoms with Crippen LogP contribution in [0.4, 0.5) is 11.5 Å². The van der Waals surface area contributed by atoms with Gasteiger partial charge >= 0.3 is 0 Å². The van der Waals surface area contributed by atoms with Gasteiger partial charge in [-0.15, -0.1) is 5.11 Å². The van der Waals surface area contributed by atoms with Crippen molar-refractivity contribution in [3.8, 4) is 0 Å². The molecule has 0 aliphatic carbocycles. The lowest BCUT2D eigenvalue weighted by Crippen LogP contribution is -2.06. The number of rotatable bonds is 4. The number of aliphatic hydroxyl groups excluding tert-OH is 1. The Kier molecular flexibility index (Phi) is 6.48. The molecule has 1 aromatic carbocycles. The SMILES string of the molecule is CC(C)N.N=NC(=N)c1cc(CO)cc(Nc2ncnn3cccc23)c1. The number of benzene rings is 1. The number of aliphatic hydroxyl groups is 1. The van der Waals surface area contributed by atoms with Crippen LogP contribution in [0.3, 0.4) is 0 Å². The van der Waals surface area contributed by atoms with Crippen molar-refractivity contribution < 1.29 is 5.11 Å². The van der Waals surface area contributed by atoms with Crippen molar-refractivity contribution in [1.29, 1.82) is 10.9 Å². The molecule has 0 amide bonds. The second kappa shape index (κ2) is 8.79. The molecule has 0 spiro atoms. The fourth-order valence-corrected chi connectivity index (χ4v) is 2.16. The number of fused-ring (bicyclic) bond motifs is 1. The summed E-state index contributed by atoms with van der Waals surface area (Å²) < 4.78 is 1.69. The van der Waals surface area contributed by atoms with E-state index in [1.165, 1.54) is 6.33 Å². The first kappa shape index (κ1) is 19.2. The van der Waals surface area contributed by atoms with E-state index in [2.05, 4.69) is 20.5 Å². The Balaban J connectivity index is 0.000000552. The van der Waals surface area contributed by atoms with Gasteiger partial charge in [-0.1, -0.05) is 13.8 Å². The molecule has 136 valence electrons. The monoisotopic (exact) mass is 354 g/mol. The Morgan fingerprint density at radius 1 is 1.38 bits per heavy atom. The van der Waals surface area contributed by atoms with Crippen LogP contribution in [0, 0.1) is 10.9 Å². The minimum absolute atomic E-state index is 0.169. The van der Waals surface area contributed by atoms with E-state index in [-0.39, 0.29) is 12.4 Å². The van der Waals surface area contributed by atoms with Gasteiger partial charge < -0.3 is 16.2 Å². The van der Waals surface area contributed by atoms with Gasteiger partial charge in [-0.3, -0.25) is 5.41 Å². The first-order chi connectivity index (χ1) is 12.4. The number of nitrogens with zero attached hydrogens (tertiary/aromatic N) is 4. The van der Waals surface area contributed by atoms with Crippen molar-refractivity contribution in [2.45, 2.75) is 26.5 Å². The number of amidine groups is 1. The van der Waals surface area contributed by atoms with Crippen LogP contribution < -0.4 is 11.1 Å². The third-order valence-electron chi connectivity index (χ3n) is 3.16. The highest BCUT2D eigenvalue weighted by Gasteiger charge is 2.08. The highest BCUT2D eigenvalue weighted by molar-refractivity contribution is 5.97. The quantitative estimate of drug-likeness (QED) is 0.277. The lowest BCUT2D eigenvalue weighted by atomic mass is 10.1. The van der Waals surface area contributed by atoms with Crippen LogP contribution in [0.5, 0.6) is 0 Å². The maximum atomic E-state index is 9.34. The molecule has 0 aliphatic heterocycles. The van der Waals surface area contributed by atoms with Gasteiger partial charge in [0.25, 0.3) is 0 Å². The summed E-state index contributed by atoms with van der Waals surface area (Å²) in [5.74, 6) is 0.434. The summed E-state index contributed by atoms with van der Waals surface area (Å²) in [6, 6.07) is 9.13. The Hall–Kier alpha value is -3.17. The molecule has 0 aliphatic rings. The third-order valence-corrected chi connectivity index (χ3v) is 3.16. The number of nitrogens with two attached hydrogens (primary N) is 1. The third kappa shape index (κ3) is 4.91. The predicted molar refractivity (Wildman–Crippen MR) is 99.9 cm³/mol. The summed E-state index contributed by atoms with van der Waals surface area (Å²) in [5.41, 5.74) is 14.6. The molecule has 0 saturated heterocycles. The van der Waals surface area contributed by atoms with E-state index >= 15 is 0 Å². The van der Waals surface area contributed by atoms with Crippen LogP contribution in [0.25, 0.3) is 5.52 Å². The normalized spacial score (nSPS) is 10.3. The molecule has 0 bridgehead atoms. The molecule has 9 nitrogen and oxygen atoms in total. The minimum atomic E-state index is -0.172. The lowest BCUT2D eigenvalue weighted by molar-refractivity contribution is 0.282. The summed E-state index contributed by atoms with van der Waals surface area (Å²) in [6.07, 6.45) is 3.25. The van der Waals surface area contributed by atoms with Crippen LogP contribution in [0.2, 0.25) is 0 Å². The molecule has 0 unspecified atom stereocenters. The summed E-state index contributed by atoms with van der Waals surface area (Å²) in [7, 11) is 0. The number of aromatic nitrogens is 3. The molecule has 2 aromatic heterocycles. The van der Waals surface area contributed by atoms with Crippen molar-refractivity contribution in [2.24, 2.45) is 10.8 Å². The van der Waals surface area contributed by atoms with Gasteiger partial charge in [0.1, 0.15) is 11.8 Å². The molecule has 0 saturated carbocycles. The molecular weight excluding hydrogens is 332 g/mol. The Labute approximate surface area is 150 Å². The van der Waals surface area contributed by atoms with Gasteiger partial charge in [0.15, 0.2) is 11.7 Å². The average molecular weight is 354 g/mol. The zero-order chi connectivity index (χ0) is 19.1. The number of nitrogens with one attached hydrogen (secondary N) is 3. The van der Waals surface area contributed by atoms with E-state index in [0.717, 1.165) is 5.52 Å². The summed E-state index contributed by atoms with van der Waals surface area (Å²) in [4.78, 5) is 4.20. The van der Waals surface area contributed by atoms with Crippen molar-refractivity contribution in [3.05, 3.63) is 54.0 Å². The molecule has 26 heavy (non-hydrogen) atoms. The van der Waals surface area contributed by atoms with E-state index in [0.29, 0.717) is 28.7 Å². The summed E-state index contributed by atoms with van der Waals surface area (Å²) in [6.45, 7) is 3.72. The highest BCUT2D eigenvalue weighted by atomic mass is 16.3. The second-order valence-electron chi connectivity index (χ2n) is 5.85. The van der Waals surface area contributed by atoms with Crippen molar-refractivity contribution in [1.82, 2.24) is 14.6 Å². The first-order valence-electron chi connectivity index (χ1n) is 7.96. The molecule has 6 N–H and O–H groups in total. The molecule has 0 atom stereocenters. The highest BCUT2D eigenvalue weighted by Crippen LogP contribution is 2.22. The van der Waals surface area contributed by atoms with Crippen LogP contribution in [-0.4, -0.2) is 31.6 Å². The first-order valence-corrected chi connectivity index (χ1v) is 7.96. The standard InChI is InChI=1S/C14H13N7O.C3H9N/c15-13(20-16)10-4-9(7-22)5-11(6-10)19-14-12-2-1-3-21(12)18-8-17-14;1-3(2)4/h1-6,8,15-16,22H,7H2,(H,17,18,19);3H,4H2,1-2H3. The molecule has 3 rings (SSSR count). The smallest absolute Gasteiger partial charge is 0.173 e. The summed E-state index contributed by atoms with van der Waals surface area (Å²) in [5, 5.41) is 27.3. The number of hydrogen-bond acceptors (Lipinski definition) is 7. The van der Waals surface area contributed by atoms with E-state index in [1.807, 2.05) is 32.2 Å². The van der Waals surface area contributed by atoms with Gasteiger partial charge in [0.05, 0.1) is 6.61 Å². The topological polar surface area (TPSA) is 149 Å². The maximum absolute atomic E-state index is 9.34. The van der Waals surface area contributed by atoms with E-state index in [4.69, 9.17) is 16.7 Å². The summed E-state index contributed by atoms with van der Waals surface area (Å²) >= 11 is 0. The second-order valence-corrected chi connectivity index (χ2v) is 5.85. The molecule has 2 heterocycles. The molecular formula is C17H22N8O. The Morgan fingerprint density at radius 2 is 2.12 bits per heavy atom. The maximum Gasteiger partial charge on any atom is 0.173 e. The van der Waals surface area contributed by atoms with E-state index in [1.54, 1.807) is 22.7 Å². The van der Waals surface area contributed by atoms with E-state index < -0.39 is 0 Å². The fourth-order valence-electron chi connectivity index (χ4n) is 2.16. The molecule has 0 radical (unpaired) electrons. The van der Waals surface area contributed by atoms with Crippen LogP contribution >= 0.6 is 0 Å².